The van der Waals surface area contributed by atoms with Crippen LogP contribution in [0.25, 0.3) is 0 Å². The number of unbranched alkanes of at least 4 members (excludes halogenated alkanes) is 1. The number of rotatable bonds is 9. The van der Waals surface area contributed by atoms with Crippen LogP contribution in [0.1, 0.15) is 51.6 Å². The van der Waals surface area contributed by atoms with Gasteiger partial charge in [-0.3, -0.25) is 0 Å². The van der Waals surface area contributed by atoms with Crippen molar-refractivity contribution in [2.24, 2.45) is 0 Å². The zero-order valence-electron chi connectivity index (χ0n) is 12.4. The molecule has 1 aromatic heterocycles. The van der Waals surface area contributed by atoms with Gasteiger partial charge >= 0.3 is 0 Å². The average molecular weight is 261 g/mol. The molecule has 106 valence electrons. The third kappa shape index (κ3) is 4.50. The average Bonchev–Trinajstić information content (AvgIpc) is 3.25. The Morgan fingerprint density at radius 3 is 2.79 bits per heavy atom. The molecule has 0 saturated heterocycles. The third-order valence-corrected chi connectivity index (χ3v) is 3.56. The minimum atomic E-state index is 0.748. The van der Waals surface area contributed by atoms with Crippen LogP contribution in [0, 0.1) is 0 Å². The maximum absolute atomic E-state index is 4.82. The van der Waals surface area contributed by atoms with Gasteiger partial charge in [-0.25, -0.2) is 4.98 Å². The zero-order chi connectivity index (χ0) is 13.5. The highest BCUT2D eigenvalue weighted by Crippen LogP contribution is 2.30. The van der Waals surface area contributed by atoms with Gasteiger partial charge in [-0.05, 0) is 44.4 Å². The predicted molar refractivity (Wildman–Crippen MR) is 81.5 cm³/mol. The summed E-state index contributed by atoms with van der Waals surface area (Å²) in [6.07, 6.45) is 6.36. The van der Waals surface area contributed by atoms with E-state index >= 15 is 0 Å². The van der Waals surface area contributed by atoms with Gasteiger partial charge in [-0.1, -0.05) is 26.3 Å². The maximum Gasteiger partial charge on any atom is 0.129 e. The van der Waals surface area contributed by atoms with Crippen LogP contribution in [0.15, 0.2) is 18.2 Å². The number of hydrogen-bond acceptors (Lipinski definition) is 3. The molecule has 0 amide bonds. The van der Waals surface area contributed by atoms with Crippen molar-refractivity contribution in [2.75, 3.05) is 18.0 Å². The monoisotopic (exact) mass is 261 g/mol. The van der Waals surface area contributed by atoms with E-state index in [0.29, 0.717) is 0 Å². The summed E-state index contributed by atoms with van der Waals surface area (Å²) < 4.78 is 0. The van der Waals surface area contributed by atoms with E-state index in [1.54, 1.807) is 0 Å². The van der Waals surface area contributed by atoms with Gasteiger partial charge in [0.2, 0.25) is 0 Å². The Balaban J connectivity index is 1.98. The second kappa shape index (κ2) is 7.49. The van der Waals surface area contributed by atoms with Crippen molar-refractivity contribution >= 4 is 5.82 Å². The molecular weight excluding hydrogens is 234 g/mol. The lowest BCUT2D eigenvalue weighted by Crippen LogP contribution is -2.28. The van der Waals surface area contributed by atoms with E-state index in [1.807, 2.05) is 0 Å². The second-order valence-electron chi connectivity index (χ2n) is 5.44. The summed E-state index contributed by atoms with van der Waals surface area (Å²) in [6, 6.07) is 7.18. The Morgan fingerprint density at radius 2 is 2.11 bits per heavy atom. The van der Waals surface area contributed by atoms with Crippen molar-refractivity contribution in [1.82, 2.24) is 10.3 Å². The van der Waals surface area contributed by atoms with E-state index in [2.05, 4.69) is 42.3 Å². The summed E-state index contributed by atoms with van der Waals surface area (Å²) in [6.45, 7) is 7.54. The Bertz CT molecular complexity index is 374. The van der Waals surface area contributed by atoms with Gasteiger partial charge in [-0.15, -0.1) is 0 Å². The van der Waals surface area contributed by atoms with E-state index in [1.165, 1.54) is 37.9 Å². The van der Waals surface area contributed by atoms with E-state index in [4.69, 9.17) is 4.98 Å². The molecule has 2 rings (SSSR count). The van der Waals surface area contributed by atoms with Crippen molar-refractivity contribution in [3.8, 4) is 0 Å². The minimum absolute atomic E-state index is 0.748. The Hall–Kier alpha value is -1.09. The Morgan fingerprint density at radius 1 is 1.26 bits per heavy atom. The minimum Gasteiger partial charge on any atom is -0.354 e. The van der Waals surface area contributed by atoms with Crippen LogP contribution in [-0.4, -0.2) is 24.1 Å². The number of nitrogens with zero attached hydrogens (tertiary/aromatic N) is 2. The molecule has 19 heavy (non-hydrogen) atoms. The molecule has 0 bridgehead atoms. The summed E-state index contributed by atoms with van der Waals surface area (Å²) in [5, 5.41) is 3.42. The first-order chi connectivity index (χ1) is 9.35. The van der Waals surface area contributed by atoms with Crippen molar-refractivity contribution in [3.05, 3.63) is 23.9 Å². The van der Waals surface area contributed by atoms with Gasteiger partial charge in [0.25, 0.3) is 0 Å². The fraction of sp³-hybridized carbons (Fsp3) is 0.688. The molecule has 0 radical (unpaired) electrons. The molecule has 1 aliphatic carbocycles. The smallest absolute Gasteiger partial charge is 0.129 e. The van der Waals surface area contributed by atoms with Crippen LogP contribution in [0.2, 0.25) is 0 Å². The number of pyridine rings is 1. The van der Waals surface area contributed by atoms with E-state index in [9.17, 15) is 0 Å². The van der Waals surface area contributed by atoms with Crippen molar-refractivity contribution < 1.29 is 0 Å². The quantitative estimate of drug-likeness (QED) is 0.691. The second-order valence-corrected chi connectivity index (χ2v) is 5.44. The fourth-order valence-corrected chi connectivity index (χ4v) is 2.32. The van der Waals surface area contributed by atoms with Crippen molar-refractivity contribution in [1.29, 1.82) is 0 Å². The number of nitrogens with one attached hydrogen (secondary N) is 1. The normalized spacial score (nSPS) is 14.6. The first kappa shape index (κ1) is 14.3. The van der Waals surface area contributed by atoms with Gasteiger partial charge in [0, 0.05) is 19.1 Å². The SMILES string of the molecule is CCCCN(c1cccc(CNCCC)n1)C1CC1. The lowest BCUT2D eigenvalue weighted by molar-refractivity contribution is 0.658. The third-order valence-electron chi connectivity index (χ3n) is 3.56. The molecule has 1 heterocycles. The Kier molecular flexibility index (Phi) is 5.64. The highest BCUT2D eigenvalue weighted by molar-refractivity contribution is 5.42. The highest BCUT2D eigenvalue weighted by atomic mass is 15.2. The molecule has 0 spiro atoms. The van der Waals surface area contributed by atoms with Crippen LogP contribution in [0.5, 0.6) is 0 Å². The molecule has 3 heteroatoms. The number of aromatic nitrogens is 1. The van der Waals surface area contributed by atoms with Gasteiger partial charge in [0.05, 0.1) is 5.69 Å². The van der Waals surface area contributed by atoms with Crippen LogP contribution in [-0.2, 0) is 6.54 Å². The molecule has 1 aromatic rings. The van der Waals surface area contributed by atoms with E-state index < -0.39 is 0 Å². The summed E-state index contributed by atoms with van der Waals surface area (Å²) in [5.41, 5.74) is 1.16. The van der Waals surface area contributed by atoms with Crippen LogP contribution < -0.4 is 10.2 Å². The lowest BCUT2D eigenvalue weighted by Gasteiger charge is -2.23. The number of hydrogen-bond donors (Lipinski definition) is 1. The summed E-state index contributed by atoms with van der Waals surface area (Å²) >= 11 is 0. The van der Waals surface area contributed by atoms with Crippen LogP contribution in [0.3, 0.4) is 0 Å². The molecule has 3 nitrogen and oxygen atoms in total. The maximum atomic E-state index is 4.82. The zero-order valence-corrected chi connectivity index (χ0v) is 12.4. The first-order valence-electron chi connectivity index (χ1n) is 7.78. The van der Waals surface area contributed by atoms with Crippen molar-refractivity contribution in [2.45, 2.75) is 58.5 Å². The molecule has 1 fully saturated rings. The standard InChI is InChI=1S/C16H27N3/c1-3-5-12-19(15-9-10-15)16-8-6-7-14(18-16)13-17-11-4-2/h6-8,15,17H,3-5,9-13H2,1-2H3. The topological polar surface area (TPSA) is 28.2 Å². The first-order valence-corrected chi connectivity index (χ1v) is 7.78. The van der Waals surface area contributed by atoms with E-state index in [-0.39, 0.29) is 0 Å². The molecule has 0 atom stereocenters. The highest BCUT2D eigenvalue weighted by Gasteiger charge is 2.29. The number of anilines is 1. The molecule has 0 aliphatic heterocycles. The largest absolute Gasteiger partial charge is 0.354 e. The van der Waals surface area contributed by atoms with Crippen LogP contribution in [0.4, 0.5) is 5.82 Å². The van der Waals surface area contributed by atoms with Crippen LogP contribution >= 0.6 is 0 Å². The lowest BCUT2D eigenvalue weighted by atomic mass is 10.3. The molecular formula is C16H27N3. The fourth-order valence-electron chi connectivity index (χ4n) is 2.32. The Labute approximate surface area is 117 Å². The summed E-state index contributed by atoms with van der Waals surface area (Å²) in [4.78, 5) is 7.33. The summed E-state index contributed by atoms with van der Waals surface area (Å²) in [7, 11) is 0. The molecule has 0 aromatic carbocycles. The molecule has 0 unspecified atom stereocenters. The van der Waals surface area contributed by atoms with Gasteiger partial charge in [0.15, 0.2) is 0 Å². The van der Waals surface area contributed by atoms with Gasteiger partial charge in [0.1, 0.15) is 5.82 Å². The van der Waals surface area contributed by atoms with Gasteiger partial charge < -0.3 is 10.2 Å². The molecule has 1 saturated carbocycles. The molecule has 1 N–H and O–H groups in total. The summed E-state index contributed by atoms with van der Waals surface area (Å²) in [5.74, 6) is 1.17. The predicted octanol–water partition coefficient (Wildman–Crippen LogP) is 3.35. The molecule has 1 aliphatic rings. The van der Waals surface area contributed by atoms with Crippen molar-refractivity contribution in [3.63, 3.8) is 0 Å². The van der Waals surface area contributed by atoms with E-state index in [0.717, 1.165) is 31.4 Å². The van der Waals surface area contributed by atoms with Gasteiger partial charge in [-0.2, -0.15) is 0 Å².